The van der Waals surface area contributed by atoms with Gasteiger partial charge in [-0.05, 0) is 64.5 Å². The molecule has 1 aliphatic heterocycles. The van der Waals surface area contributed by atoms with Crippen LogP contribution in [-0.2, 0) is 6.42 Å². The fraction of sp³-hybridized carbons (Fsp3) is 0.647. The molecule has 0 amide bonds. The highest BCUT2D eigenvalue weighted by Crippen LogP contribution is 2.23. The zero-order chi connectivity index (χ0) is 15.5. The maximum atomic E-state index is 6.13. The number of halogens is 1. The molecule has 1 saturated heterocycles. The zero-order valence-corrected chi connectivity index (χ0v) is 15.1. The fourth-order valence-corrected chi connectivity index (χ4v) is 3.42. The van der Waals surface area contributed by atoms with Crippen LogP contribution in [0.2, 0.25) is 0 Å². The molecule has 0 spiro atoms. The highest BCUT2D eigenvalue weighted by molar-refractivity contribution is 9.10. The highest BCUT2D eigenvalue weighted by Gasteiger charge is 2.31. The first-order valence-electron chi connectivity index (χ1n) is 7.80. The molecule has 21 heavy (non-hydrogen) atoms. The van der Waals surface area contributed by atoms with E-state index in [1.54, 1.807) is 0 Å². The van der Waals surface area contributed by atoms with Crippen LogP contribution < -0.4 is 5.73 Å². The molecular weight excluding hydrogens is 326 g/mol. The van der Waals surface area contributed by atoms with E-state index >= 15 is 0 Å². The van der Waals surface area contributed by atoms with E-state index in [0.29, 0.717) is 12.6 Å². The number of hydrogen-bond acceptors (Lipinski definition) is 3. The summed E-state index contributed by atoms with van der Waals surface area (Å²) in [5.41, 5.74) is 7.49. The van der Waals surface area contributed by atoms with Gasteiger partial charge in [0.2, 0.25) is 0 Å². The molecule has 0 radical (unpaired) electrons. The summed E-state index contributed by atoms with van der Waals surface area (Å²) in [6.45, 7) is 5.28. The third-order valence-corrected chi connectivity index (χ3v) is 5.54. The largest absolute Gasteiger partial charge is 0.329 e. The first kappa shape index (κ1) is 16.9. The minimum absolute atomic E-state index is 0.0112. The summed E-state index contributed by atoms with van der Waals surface area (Å²) in [6.07, 6.45) is 3.62. The van der Waals surface area contributed by atoms with Crippen molar-refractivity contribution in [3.8, 4) is 0 Å². The number of hydrogen-bond donors (Lipinski definition) is 1. The van der Waals surface area contributed by atoms with Crippen molar-refractivity contribution in [3.05, 3.63) is 34.3 Å². The van der Waals surface area contributed by atoms with Gasteiger partial charge in [0, 0.05) is 29.1 Å². The average molecular weight is 354 g/mol. The minimum Gasteiger partial charge on any atom is -0.329 e. The van der Waals surface area contributed by atoms with Crippen LogP contribution in [0.5, 0.6) is 0 Å². The molecule has 118 valence electrons. The Hall–Kier alpha value is -0.420. The highest BCUT2D eigenvalue weighted by atomic mass is 79.9. The second-order valence-corrected chi connectivity index (χ2v) is 7.58. The molecular formula is C17H28BrN3. The summed E-state index contributed by atoms with van der Waals surface area (Å²) in [6, 6.07) is 9.26. The van der Waals surface area contributed by atoms with Gasteiger partial charge in [-0.25, -0.2) is 0 Å². The Morgan fingerprint density at radius 2 is 2.05 bits per heavy atom. The van der Waals surface area contributed by atoms with E-state index in [-0.39, 0.29) is 5.54 Å². The molecule has 1 aromatic carbocycles. The molecule has 0 bridgehead atoms. The van der Waals surface area contributed by atoms with Gasteiger partial charge in [0.05, 0.1) is 0 Å². The van der Waals surface area contributed by atoms with E-state index in [1.807, 2.05) is 0 Å². The number of nitrogens with two attached hydrogens (primary N) is 1. The van der Waals surface area contributed by atoms with Crippen molar-refractivity contribution >= 4 is 15.9 Å². The van der Waals surface area contributed by atoms with Crippen LogP contribution in [0.1, 0.15) is 25.3 Å². The van der Waals surface area contributed by atoms with E-state index in [9.17, 15) is 0 Å². The first-order chi connectivity index (χ1) is 9.94. The van der Waals surface area contributed by atoms with Crippen molar-refractivity contribution in [3.63, 3.8) is 0 Å². The molecule has 1 heterocycles. The fourth-order valence-electron chi connectivity index (χ4n) is 3.15. The lowest BCUT2D eigenvalue weighted by Gasteiger charge is -2.40. The standard InChI is InChI=1S/C17H28BrN3/c1-17(13-19,11-14-6-8-15(18)9-7-14)21(3)12-16-5-4-10-20(16)2/h6-9,16H,4-5,10-13,19H2,1-3H3. The molecule has 4 heteroatoms. The smallest absolute Gasteiger partial charge is 0.0341 e. The van der Waals surface area contributed by atoms with Crippen LogP contribution in [0.25, 0.3) is 0 Å². The molecule has 2 N–H and O–H groups in total. The monoisotopic (exact) mass is 353 g/mol. The third-order valence-electron chi connectivity index (χ3n) is 5.02. The van der Waals surface area contributed by atoms with Gasteiger partial charge in [-0.15, -0.1) is 0 Å². The van der Waals surface area contributed by atoms with Crippen LogP contribution in [0, 0.1) is 0 Å². The van der Waals surface area contributed by atoms with E-state index < -0.39 is 0 Å². The summed E-state index contributed by atoms with van der Waals surface area (Å²) in [7, 11) is 4.46. The van der Waals surface area contributed by atoms with Gasteiger partial charge in [-0.1, -0.05) is 28.1 Å². The number of likely N-dealkylation sites (tertiary alicyclic amines) is 1. The van der Waals surface area contributed by atoms with Crippen LogP contribution in [0.3, 0.4) is 0 Å². The van der Waals surface area contributed by atoms with Crippen molar-refractivity contribution in [1.29, 1.82) is 0 Å². The normalized spacial score (nSPS) is 22.7. The minimum atomic E-state index is 0.0112. The molecule has 0 aliphatic carbocycles. The van der Waals surface area contributed by atoms with Gasteiger partial charge in [0.25, 0.3) is 0 Å². The van der Waals surface area contributed by atoms with E-state index in [4.69, 9.17) is 5.73 Å². The van der Waals surface area contributed by atoms with E-state index in [0.717, 1.165) is 17.4 Å². The lowest BCUT2D eigenvalue weighted by Crippen LogP contribution is -2.54. The van der Waals surface area contributed by atoms with Gasteiger partial charge < -0.3 is 10.6 Å². The molecule has 2 rings (SSSR count). The van der Waals surface area contributed by atoms with Gasteiger partial charge in [0.1, 0.15) is 0 Å². The summed E-state index contributed by atoms with van der Waals surface area (Å²) in [5.74, 6) is 0. The van der Waals surface area contributed by atoms with Crippen LogP contribution in [0.15, 0.2) is 28.7 Å². The summed E-state index contributed by atoms with van der Waals surface area (Å²) in [4.78, 5) is 4.94. The topological polar surface area (TPSA) is 32.5 Å². The molecule has 1 fully saturated rings. The van der Waals surface area contributed by atoms with Crippen molar-refractivity contribution in [2.75, 3.05) is 33.7 Å². The number of rotatable bonds is 6. The quantitative estimate of drug-likeness (QED) is 0.853. The summed E-state index contributed by atoms with van der Waals surface area (Å²) < 4.78 is 1.13. The maximum absolute atomic E-state index is 6.13. The van der Waals surface area contributed by atoms with E-state index in [2.05, 4.69) is 71.0 Å². The van der Waals surface area contributed by atoms with Crippen molar-refractivity contribution in [1.82, 2.24) is 9.80 Å². The molecule has 2 atom stereocenters. The van der Waals surface area contributed by atoms with Crippen LogP contribution >= 0.6 is 15.9 Å². The Balaban J connectivity index is 2.02. The predicted octanol–water partition coefficient (Wildman–Crippen LogP) is 2.74. The Kier molecular flexibility index (Phi) is 5.83. The van der Waals surface area contributed by atoms with Crippen LogP contribution in [0.4, 0.5) is 0 Å². The Labute approximate surface area is 137 Å². The maximum Gasteiger partial charge on any atom is 0.0341 e. The molecule has 0 saturated carbocycles. The number of nitrogens with zero attached hydrogens (tertiary/aromatic N) is 2. The molecule has 3 nitrogen and oxygen atoms in total. The second kappa shape index (κ2) is 7.23. The first-order valence-corrected chi connectivity index (χ1v) is 8.60. The molecule has 2 unspecified atom stereocenters. The lowest BCUT2D eigenvalue weighted by atomic mass is 9.90. The van der Waals surface area contributed by atoms with Crippen molar-refractivity contribution in [2.45, 2.75) is 37.8 Å². The average Bonchev–Trinajstić information content (AvgIpc) is 2.86. The second-order valence-electron chi connectivity index (χ2n) is 6.66. The molecule has 1 aliphatic rings. The SMILES string of the molecule is CN1CCCC1CN(C)C(C)(CN)Cc1ccc(Br)cc1. The number of likely N-dealkylation sites (N-methyl/N-ethyl adjacent to an activating group) is 2. The Morgan fingerprint density at radius 3 is 2.57 bits per heavy atom. The molecule has 0 aromatic heterocycles. The predicted molar refractivity (Wildman–Crippen MR) is 93.6 cm³/mol. The van der Waals surface area contributed by atoms with Gasteiger partial charge in [-0.2, -0.15) is 0 Å². The summed E-state index contributed by atoms with van der Waals surface area (Å²) >= 11 is 3.50. The zero-order valence-electron chi connectivity index (χ0n) is 13.5. The number of benzene rings is 1. The molecule has 1 aromatic rings. The van der Waals surface area contributed by atoms with Crippen molar-refractivity contribution < 1.29 is 0 Å². The Bertz CT molecular complexity index is 448. The van der Waals surface area contributed by atoms with Gasteiger partial charge in [0.15, 0.2) is 0 Å². The van der Waals surface area contributed by atoms with E-state index in [1.165, 1.54) is 24.9 Å². The lowest BCUT2D eigenvalue weighted by molar-refractivity contribution is 0.110. The van der Waals surface area contributed by atoms with Gasteiger partial charge in [-0.3, -0.25) is 4.90 Å². The van der Waals surface area contributed by atoms with Crippen molar-refractivity contribution in [2.24, 2.45) is 5.73 Å². The van der Waals surface area contributed by atoms with Gasteiger partial charge >= 0.3 is 0 Å². The Morgan fingerprint density at radius 1 is 1.38 bits per heavy atom. The third kappa shape index (κ3) is 4.28. The summed E-state index contributed by atoms with van der Waals surface area (Å²) in [5, 5.41) is 0. The van der Waals surface area contributed by atoms with Crippen LogP contribution in [-0.4, -0.2) is 55.1 Å².